The lowest BCUT2D eigenvalue weighted by Gasteiger charge is -2.03. The molecule has 0 aliphatic heterocycles. The summed E-state index contributed by atoms with van der Waals surface area (Å²) in [7, 11) is 0. The first kappa shape index (κ1) is 12.0. The van der Waals surface area contributed by atoms with Gasteiger partial charge in [0.15, 0.2) is 0 Å². The Balaban J connectivity index is 1.84. The molecule has 3 rings (SSSR count). The second kappa shape index (κ2) is 5.29. The Hall–Kier alpha value is -2.06. The highest BCUT2D eigenvalue weighted by Crippen LogP contribution is 2.20. The van der Waals surface area contributed by atoms with Crippen LogP contribution in [0.15, 0.2) is 54.7 Å². The first-order chi connectivity index (χ1) is 9.36. The number of aromatic nitrogens is 1. The summed E-state index contributed by atoms with van der Waals surface area (Å²) in [6, 6.07) is 17.2. The summed E-state index contributed by atoms with van der Waals surface area (Å²) >= 11 is 0. The molecule has 2 aromatic carbocycles. The average Bonchev–Trinajstić information content (AvgIpc) is 2.85. The van der Waals surface area contributed by atoms with E-state index in [-0.39, 0.29) is 0 Å². The summed E-state index contributed by atoms with van der Waals surface area (Å²) in [6.07, 6.45) is 4.03. The van der Waals surface area contributed by atoms with Crippen molar-refractivity contribution in [2.24, 2.45) is 5.73 Å². The summed E-state index contributed by atoms with van der Waals surface area (Å²) in [5.74, 6) is 0. The van der Waals surface area contributed by atoms with E-state index in [9.17, 15) is 0 Å². The van der Waals surface area contributed by atoms with Crippen molar-refractivity contribution in [3.05, 3.63) is 71.4 Å². The molecule has 0 radical (unpaired) electrons. The van der Waals surface area contributed by atoms with Crippen molar-refractivity contribution in [3.63, 3.8) is 0 Å². The molecule has 19 heavy (non-hydrogen) atoms. The fraction of sp³-hybridized carbons (Fsp3) is 0.176. The number of aromatic amines is 1. The third-order valence-electron chi connectivity index (χ3n) is 3.53. The van der Waals surface area contributed by atoms with Gasteiger partial charge in [-0.25, -0.2) is 0 Å². The van der Waals surface area contributed by atoms with Crippen LogP contribution in [-0.2, 0) is 12.8 Å². The van der Waals surface area contributed by atoms with Crippen LogP contribution in [0.25, 0.3) is 10.9 Å². The highest BCUT2D eigenvalue weighted by Gasteiger charge is 2.03. The minimum atomic E-state index is 0.710. The predicted molar refractivity (Wildman–Crippen MR) is 80.3 cm³/mol. The number of para-hydroxylation sites is 1. The molecule has 1 heterocycles. The van der Waals surface area contributed by atoms with Gasteiger partial charge in [0.2, 0.25) is 0 Å². The normalized spacial score (nSPS) is 11.0. The number of fused-ring (bicyclic) bond motifs is 1. The van der Waals surface area contributed by atoms with E-state index in [2.05, 4.69) is 59.7 Å². The van der Waals surface area contributed by atoms with Gasteiger partial charge < -0.3 is 10.7 Å². The zero-order chi connectivity index (χ0) is 13.1. The lowest BCUT2D eigenvalue weighted by Crippen LogP contribution is -2.02. The molecule has 0 saturated carbocycles. The molecule has 2 nitrogen and oxygen atoms in total. The fourth-order valence-electron chi connectivity index (χ4n) is 2.49. The average molecular weight is 250 g/mol. The number of hydrogen-bond donors (Lipinski definition) is 2. The van der Waals surface area contributed by atoms with Crippen LogP contribution in [-0.4, -0.2) is 11.5 Å². The highest BCUT2D eigenvalue weighted by atomic mass is 14.7. The van der Waals surface area contributed by atoms with E-state index >= 15 is 0 Å². The minimum Gasteiger partial charge on any atom is -0.361 e. The van der Waals surface area contributed by atoms with Crippen LogP contribution in [0.5, 0.6) is 0 Å². The van der Waals surface area contributed by atoms with Crippen LogP contribution in [0.2, 0.25) is 0 Å². The van der Waals surface area contributed by atoms with Crippen LogP contribution in [0.3, 0.4) is 0 Å². The SMILES string of the molecule is NCCc1ccc(Cc2c[nH]c3ccccc23)cc1. The lowest BCUT2D eigenvalue weighted by atomic mass is 10.0. The second-order valence-corrected chi connectivity index (χ2v) is 4.89. The Labute approximate surface area is 113 Å². The van der Waals surface area contributed by atoms with Crippen LogP contribution in [0.1, 0.15) is 16.7 Å². The van der Waals surface area contributed by atoms with E-state index in [1.54, 1.807) is 0 Å². The molecular weight excluding hydrogens is 232 g/mol. The smallest absolute Gasteiger partial charge is 0.0456 e. The molecule has 0 amide bonds. The zero-order valence-corrected chi connectivity index (χ0v) is 10.9. The lowest BCUT2D eigenvalue weighted by molar-refractivity contribution is 0.967. The zero-order valence-electron chi connectivity index (χ0n) is 10.9. The molecular formula is C17H18N2. The Morgan fingerprint density at radius 3 is 2.42 bits per heavy atom. The van der Waals surface area contributed by atoms with Crippen LogP contribution >= 0.6 is 0 Å². The predicted octanol–water partition coefficient (Wildman–Crippen LogP) is 3.26. The molecule has 0 bridgehead atoms. The minimum absolute atomic E-state index is 0.710. The van der Waals surface area contributed by atoms with Crippen LogP contribution < -0.4 is 5.73 Å². The molecule has 3 aromatic rings. The van der Waals surface area contributed by atoms with Crippen molar-refractivity contribution in [2.75, 3.05) is 6.54 Å². The van der Waals surface area contributed by atoms with Gasteiger partial charge in [0.25, 0.3) is 0 Å². The van der Waals surface area contributed by atoms with Gasteiger partial charge in [0.1, 0.15) is 0 Å². The van der Waals surface area contributed by atoms with Crippen molar-refractivity contribution in [2.45, 2.75) is 12.8 Å². The molecule has 0 fully saturated rings. The van der Waals surface area contributed by atoms with E-state index in [0.717, 1.165) is 12.8 Å². The summed E-state index contributed by atoms with van der Waals surface area (Å²) in [5, 5.41) is 1.31. The van der Waals surface area contributed by atoms with Gasteiger partial charge in [-0.3, -0.25) is 0 Å². The Bertz CT molecular complexity index is 665. The molecule has 1 aromatic heterocycles. The molecule has 0 saturated heterocycles. The largest absolute Gasteiger partial charge is 0.361 e. The molecule has 0 spiro atoms. The summed E-state index contributed by atoms with van der Waals surface area (Å²) in [4.78, 5) is 3.32. The van der Waals surface area contributed by atoms with E-state index in [1.165, 1.54) is 27.6 Å². The van der Waals surface area contributed by atoms with E-state index < -0.39 is 0 Å². The summed E-state index contributed by atoms with van der Waals surface area (Å²) in [5.41, 5.74) is 10.8. The molecule has 3 N–H and O–H groups in total. The van der Waals surface area contributed by atoms with E-state index in [0.29, 0.717) is 6.54 Å². The van der Waals surface area contributed by atoms with Crippen molar-refractivity contribution >= 4 is 10.9 Å². The number of benzene rings is 2. The molecule has 0 unspecified atom stereocenters. The first-order valence-corrected chi connectivity index (χ1v) is 6.69. The van der Waals surface area contributed by atoms with E-state index in [1.807, 2.05) is 0 Å². The number of rotatable bonds is 4. The van der Waals surface area contributed by atoms with Crippen molar-refractivity contribution in [3.8, 4) is 0 Å². The highest BCUT2D eigenvalue weighted by molar-refractivity contribution is 5.83. The third kappa shape index (κ3) is 2.54. The van der Waals surface area contributed by atoms with Gasteiger partial charge >= 0.3 is 0 Å². The van der Waals surface area contributed by atoms with Crippen molar-refractivity contribution < 1.29 is 0 Å². The second-order valence-electron chi connectivity index (χ2n) is 4.89. The summed E-state index contributed by atoms with van der Waals surface area (Å²) in [6.45, 7) is 0.710. The van der Waals surface area contributed by atoms with Crippen molar-refractivity contribution in [1.82, 2.24) is 4.98 Å². The third-order valence-corrected chi connectivity index (χ3v) is 3.53. The Kier molecular flexibility index (Phi) is 3.34. The van der Waals surface area contributed by atoms with E-state index in [4.69, 9.17) is 5.73 Å². The van der Waals surface area contributed by atoms with Crippen molar-refractivity contribution in [1.29, 1.82) is 0 Å². The van der Waals surface area contributed by atoms with Gasteiger partial charge in [-0.1, -0.05) is 42.5 Å². The Morgan fingerprint density at radius 2 is 1.63 bits per heavy atom. The van der Waals surface area contributed by atoms with Gasteiger partial charge in [-0.05, 0) is 42.1 Å². The maximum absolute atomic E-state index is 5.57. The number of nitrogens with one attached hydrogen (secondary N) is 1. The van der Waals surface area contributed by atoms with Gasteiger partial charge in [0.05, 0.1) is 0 Å². The van der Waals surface area contributed by atoms with Gasteiger partial charge in [-0.2, -0.15) is 0 Å². The number of nitrogens with two attached hydrogens (primary N) is 1. The van der Waals surface area contributed by atoms with Crippen LogP contribution in [0, 0.1) is 0 Å². The number of hydrogen-bond acceptors (Lipinski definition) is 1. The standard InChI is InChI=1S/C17H18N2/c18-10-9-13-5-7-14(8-6-13)11-15-12-19-17-4-2-1-3-16(15)17/h1-8,12,19H,9-11,18H2. The van der Waals surface area contributed by atoms with Gasteiger partial charge in [0, 0.05) is 17.1 Å². The van der Waals surface area contributed by atoms with Gasteiger partial charge in [-0.15, -0.1) is 0 Å². The molecule has 96 valence electrons. The van der Waals surface area contributed by atoms with Crippen LogP contribution in [0.4, 0.5) is 0 Å². The Morgan fingerprint density at radius 1 is 0.895 bits per heavy atom. The monoisotopic (exact) mass is 250 g/mol. The molecule has 0 aliphatic carbocycles. The molecule has 0 aliphatic rings. The fourth-order valence-corrected chi connectivity index (χ4v) is 2.49. The quantitative estimate of drug-likeness (QED) is 0.733. The maximum Gasteiger partial charge on any atom is 0.0456 e. The number of H-pyrrole nitrogens is 1. The maximum atomic E-state index is 5.57. The molecule has 2 heteroatoms. The topological polar surface area (TPSA) is 41.8 Å². The summed E-state index contributed by atoms with van der Waals surface area (Å²) < 4.78 is 0. The molecule has 0 atom stereocenters. The first-order valence-electron chi connectivity index (χ1n) is 6.69.